The van der Waals surface area contributed by atoms with Crippen LogP contribution in [0.2, 0.25) is 0 Å². The van der Waals surface area contributed by atoms with Gasteiger partial charge in [0.05, 0.1) is 23.7 Å². The second-order valence-corrected chi connectivity index (χ2v) is 8.02. The second kappa shape index (κ2) is 6.99. The summed E-state index contributed by atoms with van der Waals surface area (Å²) in [6, 6.07) is 7.17. The van der Waals surface area contributed by atoms with Gasteiger partial charge in [0.1, 0.15) is 5.60 Å². The summed E-state index contributed by atoms with van der Waals surface area (Å²) in [6.07, 6.45) is 3.29. The van der Waals surface area contributed by atoms with Gasteiger partial charge < -0.3 is 15.0 Å². The number of alkyl carbamates (subject to hydrolysis) is 1. The molecule has 1 N–H and O–H groups in total. The van der Waals surface area contributed by atoms with Crippen molar-refractivity contribution < 1.29 is 14.3 Å². The van der Waals surface area contributed by atoms with Crippen LogP contribution in [-0.4, -0.2) is 34.6 Å². The summed E-state index contributed by atoms with van der Waals surface area (Å²) in [7, 11) is 0. The minimum atomic E-state index is -0.554. The maximum Gasteiger partial charge on any atom is 0.407 e. The molecule has 138 valence electrons. The molecule has 2 unspecified atom stereocenters. The van der Waals surface area contributed by atoms with E-state index in [1.54, 1.807) is 12.1 Å². The Labute approximate surface area is 154 Å². The average molecular weight is 355 g/mol. The highest BCUT2D eigenvalue weighted by molar-refractivity contribution is 5.99. The number of hydrogen-bond acceptors (Lipinski definition) is 4. The first-order valence-corrected chi connectivity index (χ1v) is 9.12. The van der Waals surface area contributed by atoms with Gasteiger partial charge in [0.2, 0.25) is 0 Å². The monoisotopic (exact) mass is 355 g/mol. The molecule has 2 atom stereocenters. The summed E-state index contributed by atoms with van der Waals surface area (Å²) in [5, 5.41) is 12.0. The Balaban J connectivity index is 1.75. The van der Waals surface area contributed by atoms with Gasteiger partial charge in [-0.1, -0.05) is 18.9 Å². The SMILES string of the molecule is CC(C)(C)OC(=O)NC1CCCCC1N1Cc2ccc(C#N)cc2C1=O. The van der Waals surface area contributed by atoms with Gasteiger partial charge in [-0.25, -0.2) is 4.79 Å². The molecule has 0 aromatic heterocycles. The van der Waals surface area contributed by atoms with E-state index < -0.39 is 11.7 Å². The summed E-state index contributed by atoms with van der Waals surface area (Å²) < 4.78 is 5.38. The molecule has 2 amide bonds. The lowest BCUT2D eigenvalue weighted by atomic mass is 9.89. The van der Waals surface area contributed by atoms with Crippen molar-refractivity contribution in [1.82, 2.24) is 10.2 Å². The van der Waals surface area contributed by atoms with Gasteiger partial charge in [0.15, 0.2) is 0 Å². The van der Waals surface area contributed by atoms with E-state index in [0.29, 0.717) is 17.7 Å². The fourth-order valence-corrected chi connectivity index (χ4v) is 3.77. The molecule has 2 aliphatic rings. The van der Waals surface area contributed by atoms with E-state index in [4.69, 9.17) is 10.00 Å². The third kappa shape index (κ3) is 3.82. The Morgan fingerprint density at radius 2 is 2.04 bits per heavy atom. The molecule has 26 heavy (non-hydrogen) atoms. The standard InChI is InChI=1S/C20H25N3O3/c1-20(2,3)26-19(25)22-16-6-4-5-7-17(16)23-12-14-9-8-13(11-21)10-15(14)18(23)24/h8-10,16-17H,4-7,12H2,1-3H3,(H,22,25). The topological polar surface area (TPSA) is 82.4 Å². The van der Waals surface area contributed by atoms with E-state index in [9.17, 15) is 9.59 Å². The van der Waals surface area contributed by atoms with Crippen LogP contribution in [0.25, 0.3) is 0 Å². The van der Waals surface area contributed by atoms with Gasteiger partial charge in [0.25, 0.3) is 5.91 Å². The fourth-order valence-electron chi connectivity index (χ4n) is 3.77. The smallest absolute Gasteiger partial charge is 0.407 e. The van der Waals surface area contributed by atoms with Crippen molar-refractivity contribution in [3.63, 3.8) is 0 Å². The van der Waals surface area contributed by atoms with Crippen molar-refractivity contribution in [2.45, 2.75) is 70.7 Å². The predicted molar refractivity (Wildman–Crippen MR) is 96.4 cm³/mol. The third-order valence-corrected chi connectivity index (χ3v) is 4.90. The number of hydrogen-bond donors (Lipinski definition) is 1. The van der Waals surface area contributed by atoms with Gasteiger partial charge in [-0.15, -0.1) is 0 Å². The number of ether oxygens (including phenoxy) is 1. The van der Waals surface area contributed by atoms with Crippen LogP contribution in [-0.2, 0) is 11.3 Å². The number of carbonyl (C=O) groups excluding carboxylic acids is 2. The molecule has 1 aromatic rings. The Morgan fingerprint density at radius 1 is 1.31 bits per heavy atom. The minimum Gasteiger partial charge on any atom is -0.444 e. The number of nitrogens with one attached hydrogen (secondary N) is 1. The van der Waals surface area contributed by atoms with Gasteiger partial charge in [-0.05, 0) is 51.3 Å². The predicted octanol–water partition coefficient (Wildman–Crippen LogP) is 3.35. The van der Waals surface area contributed by atoms with Gasteiger partial charge in [0, 0.05) is 12.1 Å². The molecule has 1 aliphatic heterocycles. The highest BCUT2D eigenvalue weighted by Crippen LogP contribution is 2.31. The Bertz CT molecular complexity index is 761. The first-order valence-electron chi connectivity index (χ1n) is 9.12. The van der Waals surface area contributed by atoms with Crippen LogP contribution in [0.4, 0.5) is 4.79 Å². The first-order chi connectivity index (χ1) is 12.3. The molecule has 1 fully saturated rings. The molecule has 1 saturated carbocycles. The molecule has 0 saturated heterocycles. The third-order valence-electron chi connectivity index (χ3n) is 4.90. The van der Waals surface area contributed by atoms with Crippen LogP contribution in [0.1, 0.15) is 67.9 Å². The molecule has 6 nitrogen and oxygen atoms in total. The van der Waals surface area contributed by atoms with Gasteiger partial charge in [-0.2, -0.15) is 5.26 Å². The van der Waals surface area contributed by atoms with Crippen molar-refractivity contribution in [3.8, 4) is 6.07 Å². The Morgan fingerprint density at radius 3 is 2.73 bits per heavy atom. The van der Waals surface area contributed by atoms with Crippen molar-refractivity contribution in [2.24, 2.45) is 0 Å². The average Bonchev–Trinajstić information content (AvgIpc) is 2.90. The lowest BCUT2D eigenvalue weighted by Gasteiger charge is -2.38. The normalized spacial score (nSPS) is 22.5. The van der Waals surface area contributed by atoms with Crippen molar-refractivity contribution in [2.75, 3.05) is 0 Å². The van der Waals surface area contributed by atoms with E-state index in [1.165, 1.54) is 0 Å². The number of fused-ring (bicyclic) bond motifs is 1. The summed E-state index contributed by atoms with van der Waals surface area (Å²) in [6.45, 7) is 6.02. The quantitative estimate of drug-likeness (QED) is 0.882. The second-order valence-electron chi connectivity index (χ2n) is 8.02. The van der Waals surface area contributed by atoms with E-state index in [1.807, 2.05) is 31.7 Å². The van der Waals surface area contributed by atoms with Crippen LogP contribution < -0.4 is 5.32 Å². The fraction of sp³-hybridized carbons (Fsp3) is 0.550. The Hall–Kier alpha value is -2.55. The summed E-state index contributed by atoms with van der Waals surface area (Å²) >= 11 is 0. The summed E-state index contributed by atoms with van der Waals surface area (Å²) in [5.41, 5.74) is 1.48. The number of nitrogens with zero attached hydrogens (tertiary/aromatic N) is 2. The molecular formula is C20H25N3O3. The molecule has 0 radical (unpaired) electrons. The molecule has 0 bridgehead atoms. The highest BCUT2D eigenvalue weighted by Gasteiger charge is 2.39. The Kier molecular flexibility index (Phi) is 4.90. The van der Waals surface area contributed by atoms with Crippen LogP contribution in [0, 0.1) is 11.3 Å². The maximum absolute atomic E-state index is 12.9. The maximum atomic E-state index is 12.9. The molecule has 0 spiro atoms. The molecular weight excluding hydrogens is 330 g/mol. The van der Waals surface area contributed by atoms with Crippen molar-refractivity contribution in [1.29, 1.82) is 5.26 Å². The van der Waals surface area contributed by atoms with Gasteiger partial charge >= 0.3 is 6.09 Å². The van der Waals surface area contributed by atoms with Crippen molar-refractivity contribution in [3.05, 3.63) is 34.9 Å². The largest absolute Gasteiger partial charge is 0.444 e. The summed E-state index contributed by atoms with van der Waals surface area (Å²) in [5.74, 6) is -0.0556. The lowest BCUT2D eigenvalue weighted by Crippen LogP contribution is -2.54. The zero-order valence-corrected chi connectivity index (χ0v) is 15.5. The highest BCUT2D eigenvalue weighted by atomic mass is 16.6. The van der Waals surface area contributed by atoms with E-state index in [2.05, 4.69) is 11.4 Å². The molecule has 1 aromatic carbocycles. The van der Waals surface area contributed by atoms with Gasteiger partial charge in [-0.3, -0.25) is 4.79 Å². The molecule has 6 heteroatoms. The zero-order valence-electron chi connectivity index (χ0n) is 15.5. The van der Waals surface area contributed by atoms with E-state index in [-0.39, 0.29) is 18.0 Å². The van der Waals surface area contributed by atoms with Crippen LogP contribution >= 0.6 is 0 Å². The number of amides is 2. The molecule has 1 heterocycles. The van der Waals surface area contributed by atoms with Crippen LogP contribution in [0.3, 0.4) is 0 Å². The van der Waals surface area contributed by atoms with E-state index >= 15 is 0 Å². The lowest BCUT2D eigenvalue weighted by molar-refractivity contribution is 0.0393. The number of rotatable bonds is 2. The number of nitriles is 1. The van der Waals surface area contributed by atoms with Crippen LogP contribution in [0.5, 0.6) is 0 Å². The first kappa shape index (κ1) is 18.2. The zero-order chi connectivity index (χ0) is 18.9. The van der Waals surface area contributed by atoms with E-state index in [0.717, 1.165) is 31.2 Å². The van der Waals surface area contributed by atoms with Crippen molar-refractivity contribution >= 4 is 12.0 Å². The molecule has 1 aliphatic carbocycles. The minimum absolute atomic E-state index is 0.0540. The van der Waals surface area contributed by atoms with Crippen LogP contribution in [0.15, 0.2) is 18.2 Å². The summed E-state index contributed by atoms with van der Waals surface area (Å²) in [4.78, 5) is 26.9. The number of benzene rings is 1. The number of carbonyl (C=O) groups is 2. The molecule has 3 rings (SSSR count).